The molecule has 0 bridgehead atoms. The standard InChI is InChI=1S/C11H10N4O3/c1-8(16)13-12-6-9-7-14(17)10-4-2-3-5-11(10)15(9)18/h2-7H,1H3,(H,13,16)/b12-6+. The molecule has 1 amide bonds. The van der Waals surface area contributed by atoms with E-state index in [0.29, 0.717) is 9.46 Å². The van der Waals surface area contributed by atoms with E-state index in [-0.39, 0.29) is 22.6 Å². The summed E-state index contributed by atoms with van der Waals surface area (Å²) in [6, 6.07) is 6.41. The van der Waals surface area contributed by atoms with Gasteiger partial charge in [-0.15, -0.1) is 0 Å². The third-order valence-electron chi connectivity index (χ3n) is 2.24. The zero-order chi connectivity index (χ0) is 13.1. The second-order valence-corrected chi connectivity index (χ2v) is 3.59. The van der Waals surface area contributed by atoms with E-state index in [2.05, 4.69) is 10.5 Å². The Morgan fingerprint density at radius 3 is 2.67 bits per heavy atom. The lowest BCUT2D eigenvalue weighted by molar-refractivity contribution is -0.629. The van der Waals surface area contributed by atoms with Gasteiger partial charge in [0.1, 0.15) is 6.21 Å². The maximum absolute atomic E-state index is 11.9. The summed E-state index contributed by atoms with van der Waals surface area (Å²) >= 11 is 0. The number of benzene rings is 1. The van der Waals surface area contributed by atoms with Gasteiger partial charge >= 0.3 is 5.69 Å². The molecule has 7 nitrogen and oxygen atoms in total. The molecule has 0 fully saturated rings. The smallest absolute Gasteiger partial charge is 0.302 e. The van der Waals surface area contributed by atoms with Gasteiger partial charge in [0.15, 0.2) is 0 Å². The number of nitrogens with zero attached hydrogens (tertiary/aromatic N) is 3. The zero-order valence-corrected chi connectivity index (χ0v) is 9.53. The second-order valence-electron chi connectivity index (χ2n) is 3.59. The average Bonchev–Trinajstić information content (AvgIpc) is 2.35. The summed E-state index contributed by atoms with van der Waals surface area (Å²) < 4.78 is 1.16. The zero-order valence-electron chi connectivity index (χ0n) is 9.53. The third-order valence-corrected chi connectivity index (χ3v) is 2.24. The lowest BCUT2D eigenvalue weighted by Gasteiger charge is -2.04. The number of hydrazone groups is 1. The lowest BCUT2D eigenvalue weighted by atomic mass is 10.3. The van der Waals surface area contributed by atoms with Gasteiger partial charge in [-0.05, 0) is 0 Å². The van der Waals surface area contributed by atoms with Crippen LogP contribution in [0, 0.1) is 10.4 Å². The summed E-state index contributed by atoms with van der Waals surface area (Å²) in [5.74, 6) is -0.362. The van der Waals surface area contributed by atoms with Crippen LogP contribution in [-0.2, 0) is 4.79 Å². The van der Waals surface area contributed by atoms with E-state index < -0.39 is 0 Å². The summed E-state index contributed by atoms with van der Waals surface area (Å²) in [7, 11) is 0. The van der Waals surface area contributed by atoms with Gasteiger partial charge in [0.05, 0.1) is 0 Å². The number of hydrogen-bond donors (Lipinski definition) is 1. The minimum absolute atomic E-state index is 0.0393. The number of para-hydroxylation sites is 2. The molecule has 7 heteroatoms. The van der Waals surface area contributed by atoms with Crippen molar-refractivity contribution in [2.45, 2.75) is 6.92 Å². The van der Waals surface area contributed by atoms with Crippen LogP contribution < -0.4 is 14.9 Å². The quantitative estimate of drug-likeness (QED) is 0.337. The Hall–Kier alpha value is -2.70. The Bertz CT molecular complexity index is 639. The highest BCUT2D eigenvalue weighted by Crippen LogP contribution is 2.03. The lowest BCUT2D eigenvalue weighted by Crippen LogP contribution is -2.41. The minimum atomic E-state index is -0.362. The monoisotopic (exact) mass is 246 g/mol. The van der Waals surface area contributed by atoms with E-state index in [4.69, 9.17) is 0 Å². The van der Waals surface area contributed by atoms with Gasteiger partial charge in [-0.1, -0.05) is 12.1 Å². The Morgan fingerprint density at radius 1 is 1.33 bits per heavy atom. The first-order valence-electron chi connectivity index (χ1n) is 5.13. The van der Waals surface area contributed by atoms with Crippen molar-refractivity contribution < 1.29 is 14.3 Å². The minimum Gasteiger partial charge on any atom is -0.618 e. The average molecular weight is 246 g/mol. The Labute approximate surface area is 102 Å². The van der Waals surface area contributed by atoms with Crippen LogP contribution in [0.5, 0.6) is 0 Å². The number of amides is 1. The molecule has 0 spiro atoms. The van der Waals surface area contributed by atoms with Crippen molar-refractivity contribution in [3.05, 3.63) is 46.6 Å². The molecule has 0 saturated carbocycles. The third kappa shape index (κ3) is 2.19. The number of aromatic nitrogens is 2. The largest absolute Gasteiger partial charge is 0.618 e. The van der Waals surface area contributed by atoms with E-state index >= 15 is 0 Å². The topological polar surface area (TPSA) is 95.3 Å². The molecule has 2 rings (SSSR count). The van der Waals surface area contributed by atoms with Gasteiger partial charge in [0, 0.05) is 19.1 Å². The van der Waals surface area contributed by atoms with Crippen molar-refractivity contribution in [1.82, 2.24) is 5.43 Å². The summed E-state index contributed by atoms with van der Waals surface area (Å²) in [5.41, 5.74) is 2.70. The Morgan fingerprint density at radius 2 is 2.00 bits per heavy atom. The first kappa shape index (κ1) is 11.8. The molecular weight excluding hydrogens is 236 g/mol. The predicted octanol–water partition coefficient (Wildman–Crippen LogP) is -0.423. The molecule has 0 saturated heterocycles. The SMILES string of the molecule is CC(=O)N/N=C/c1c[n+]([O-])c2ccccc2[n+]1[O-]. The van der Waals surface area contributed by atoms with E-state index in [0.717, 1.165) is 12.4 Å². The fourth-order valence-corrected chi connectivity index (χ4v) is 1.48. The van der Waals surface area contributed by atoms with E-state index in [1.165, 1.54) is 13.0 Å². The first-order chi connectivity index (χ1) is 8.59. The van der Waals surface area contributed by atoms with Crippen LogP contribution in [0.25, 0.3) is 11.0 Å². The number of fused-ring (bicyclic) bond motifs is 1. The van der Waals surface area contributed by atoms with Crippen molar-refractivity contribution >= 4 is 23.2 Å². The fourth-order valence-electron chi connectivity index (χ4n) is 1.48. The molecule has 0 unspecified atom stereocenters. The van der Waals surface area contributed by atoms with E-state index in [1.54, 1.807) is 18.2 Å². The molecular formula is C11H10N4O3. The summed E-state index contributed by atoms with van der Waals surface area (Å²) in [6.07, 6.45) is 2.22. The van der Waals surface area contributed by atoms with Crippen molar-refractivity contribution in [3.63, 3.8) is 0 Å². The molecule has 0 aliphatic rings. The normalized spacial score (nSPS) is 10.9. The van der Waals surface area contributed by atoms with E-state index in [9.17, 15) is 15.2 Å². The van der Waals surface area contributed by atoms with Crippen LogP contribution in [0.15, 0.2) is 35.6 Å². The van der Waals surface area contributed by atoms with Gasteiger partial charge in [-0.25, -0.2) is 5.43 Å². The highest BCUT2D eigenvalue weighted by Gasteiger charge is 2.16. The molecule has 0 radical (unpaired) electrons. The molecule has 1 aromatic carbocycles. The molecule has 0 aliphatic carbocycles. The van der Waals surface area contributed by atoms with Crippen LogP contribution in [0.2, 0.25) is 0 Å². The van der Waals surface area contributed by atoms with E-state index in [1.807, 2.05) is 0 Å². The Kier molecular flexibility index (Phi) is 3.05. The summed E-state index contributed by atoms with van der Waals surface area (Å²) in [5, 5.41) is 27.1. The molecule has 1 aromatic heterocycles. The predicted molar refractivity (Wildman–Crippen MR) is 63.3 cm³/mol. The Balaban J connectivity index is 2.49. The number of rotatable bonds is 2. The molecule has 18 heavy (non-hydrogen) atoms. The van der Waals surface area contributed by atoms with Crippen LogP contribution in [0.1, 0.15) is 12.6 Å². The summed E-state index contributed by atoms with van der Waals surface area (Å²) in [4.78, 5) is 10.6. The first-order valence-corrected chi connectivity index (χ1v) is 5.13. The number of hydrogen-bond acceptors (Lipinski definition) is 4. The van der Waals surface area contributed by atoms with Crippen LogP contribution in [0.3, 0.4) is 0 Å². The molecule has 2 aromatic rings. The highest BCUT2D eigenvalue weighted by atomic mass is 16.5. The van der Waals surface area contributed by atoms with Crippen molar-refractivity contribution in [3.8, 4) is 0 Å². The number of carbonyl (C=O) groups excluding carboxylic acids is 1. The second kappa shape index (κ2) is 4.66. The number of nitrogens with one attached hydrogen (secondary N) is 1. The van der Waals surface area contributed by atoms with Crippen LogP contribution >= 0.6 is 0 Å². The van der Waals surface area contributed by atoms with Crippen molar-refractivity contribution in [1.29, 1.82) is 0 Å². The summed E-state index contributed by atoms with van der Waals surface area (Å²) in [6.45, 7) is 1.29. The molecule has 92 valence electrons. The fraction of sp³-hybridized carbons (Fsp3) is 0.0909. The van der Waals surface area contributed by atoms with Crippen LogP contribution in [-0.4, -0.2) is 12.1 Å². The van der Waals surface area contributed by atoms with Gasteiger partial charge < -0.3 is 10.4 Å². The van der Waals surface area contributed by atoms with Gasteiger partial charge in [-0.2, -0.15) is 14.6 Å². The molecule has 0 atom stereocenters. The van der Waals surface area contributed by atoms with Gasteiger partial charge in [0.25, 0.3) is 17.2 Å². The van der Waals surface area contributed by atoms with Crippen molar-refractivity contribution in [2.24, 2.45) is 5.10 Å². The molecule has 1 heterocycles. The molecule has 0 aliphatic heterocycles. The number of carbonyl (C=O) groups is 1. The van der Waals surface area contributed by atoms with Crippen molar-refractivity contribution in [2.75, 3.05) is 0 Å². The highest BCUT2D eigenvalue weighted by molar-refractivity contribution is 5.79. The van der Waals surface area contributed by atoms with Gasteiger partial charge in [0.2, 0.25) is 5.91 Å². The maximum atomic E-state index is 11.9. The molecule has 1 N–H and O–H groups in total. The maximum Gasteiger partial charge on any atom is 0.302 e. The van der Waals surface area contributed by atoms with Crippen LogP contribution in [0.4, 0.5) is 0 Å². The van der Waals surface area contributed by atoms with Gasteiger partial charge in [-0.3, -0.25) is 4.79 Å².